The van der Waals surface area contributed by atoms with Crippen LogP contribution in [-0.2, 0) is 0 Å². The predicted octanol–water partition coefficient (Wildman–Crippen LogP) is 5.24. The van der Waals surface area contributed by atoms with E-state index in [1.54, 1.807) is 0 Å². The van der Waals surface area contributed by atoms with Gasteiger partial charge in [0.2, 0.25) is 0 Å². The molecule has 0 aliphatic rings. The minimum absolute atomic E-state index is 0.473. The van der Waals surface area contributed by atoms with Crippen LogP contribution >= 0.6 is 15.9 Å². The van der Waals surface area contributed by atoms with Gasteiger partial charge in [-0.25, -0.2) is 0 Å². The van der Waals surface area contributed by atoms with Crippen LogP contribution in [0.1, 0.15) is 50.8 Å². The Hall–Kier alpha value is -0.890. The lowest BCUT2D eigenvalue weighted by atomic mass is 9.95. The maximum atomic E-state index is 4.74. The Bertz CT molecular complexity index is 544. The average molecular weight is 292 g/mol. The Labute approximate surface area is 111 Å². The Kier molecular flexibility index (Phi) is 3.53. The molecule has 1 aromatic heterocycles. The summed E-state index contributed by atoms with van der Waals surface area (Å²) in [4.78, 5) is 4.74. The van der Waals surface area contributed by atoms with Crippen LogP contribution in [0.5, 0.6) is 0 Å². The third-order valence-electron chi connectivity index (χ3n) is 3.04. The Morgan fingerprint density at radius 1 is 1.00 bits per heavy atom. The molecule has 0 amide bonds. The highest BCUT2D eigenvalue weighted by Gasteiger charge is 2.11. The quantitative estimate of drug-likeness (QED) is 0.737. The summed E-state index contributed by atoms with van der Waals surface area (Å²) in [7, 11) is 0. The maximum absolute atomic E-state index is 4.74. The zero-order valence-electron chi connectivity index (χ0n) is 10.8. The highest BCUT2D eigenvalue weighted by atomic mass is 79.9. The number of nitrogens with zero attached hydrogens (tertiary/aromatic N) is 1. The number of pyridine rings is 1. The minimum atomic E-state index is 0.473. The van der Waals surface area contributed by atoms with Crippen LogP contribution in [-0.4, -0.2) is 4.98 Å². The summed E-state index contributed by atoms with van der Waals surface area (Å²) in [5, 5.41) is 1.26. The predicted molar refractivity (Wildman–Crippen MR) is 77.6 cm³/mol. The molecule has 17 heavy (non-hydrogen) atoms. The first kappa shape index (κ1) is 12.6. The summed E-state index contributed by atoms with van der Waals surface area (Å²) in [6.07, 6.45) is 0. The van der Waals surface area contributed by atoms with Crippen molar-refractivity contribution in [3.05, 3.63) is 40.0 Å². The molecule has 0 spiro atoms. The number of fused-ring (bicyclic) bond motifs is 1. The third-order valence-corrected chi connectivity index (χ3v) is 3.53. The summed E-state index contributed by atoms with van der Waals surface area (Å²) in [5.74, 6) is 0.993. The molecule has 1 aromatic carbocycles. The van der Waals surface area contributed by atoms with Crippen LogP contribution in [0.2, 0.25) is 0 Å². The van der Waals surface area contributed by atoms with E-state index in [1.165, 1.54) is 16.6 Å². The van der Waals surface area contributed by atoms with Gasteiger partial charge >= 0.3 is 0 Å². The van der Waals surface area contributed by atoms with Gasteiger partial charge in [0.25, 0.3) is 0 Å². The van der Waals surface area contributed by atoms with Gasteiger partial charge in [-0.05, 0) is 41.7 Å². The maximum Gasteiger partial charge on any atom is 0.0709 e. The fourth-order valence-electron chi connectivity index (χ4n) is 2.02. The molecular weight excluding hydrogens is 274 g/mol. The molecule has 0 saturated heterocycles. The van der Waals surface area contributed by atoms with Crippen molar-refractivity contribution in [2.24, 2.45) is 0 Å². The molecule has 90 valence electrons. The Morgan fingerprint density at radius 3 is 2.29 bits per heavy atom. The molecule has 0 fully saturated rings. The van der Waals surface area contributed by atoms with Gasteiger partial charge in [0.1, 0.15) is 0 Å². The monoisotopic (exact) mass is 291 g/mol. The van der Waals surface area contributed by atoms with Gasteiger partial charge in [0, 0.05) is 15.6 Å². The van der Waals surface area contributed by atoms with Crippen LogP contribution in [0.25, 0.3) is 10.9 Å². The topological polar surface area (TPSA) is 12.9 Å². The zero-order valence-corrected chi connectivity index (χ0v) is 12.4. The highest BCUT2D eigenvalue weighted by molar-refractivity contribution is 9.10. The number of hydrogen-bond acceptors (Lipinski definition) is 1. The highest BCUT2D eigenvalue weighted by Crippen LogP contribution is 2.29. The first-order valence-corrected chi connectivity index (χ1v) is 6.88. The molecule has 1 nitrogen and oxygen atoms in total. The molecule has 2 rings (SSSR count). The molecule has 2 aromatic rings. The summed E-state index contributed by atoms with van der Waals surface area (Å²) in [5.41, 5.74) is 3.67. The fourth-order valence-corrected chi connectivity index (χ4v) is 2.38. The second-order valence-electron chi connectivity index (χ2n) is 5.11. The molecule has 0 aliphatic heterocycles. The Morgan fingerprint density at radius 2 is 1.71 bits per heavy atom. The summed E-state index contributed by atoms with van der Waals surface area (Å²) in [6, 6.07) is 8.58. The van der Waals surface area contributed by atoms with Gasteiger partial charge in [0.05, 0.1) is 5.52 Å². The van der Waals surface area contributed by atoms with E-state index in [0.29, 0.717) is 11.8 Å². The number of benzene rings is 1. The lowest BCUT2D eigenvalue weighted by Crippen LogP contribution is -1.99. The molecule has 0 saturated carbocycles. The lowest BCUT2D eigenvalue weighted by Gasteiger charge is -2.14. The van der Waals surface area contributed by atoms with Crippen LogP contribution in [0.15, 0.2) is 28.7 Å². The lowest BCUT2D eigenvalue weighted by molar-refractivity contribution is 0.811. The fraction of sp³-hybridized carbons (Fsp3) is 0.400. The van der Waals surface area contributed by atoms with Crippen molar-refractivity contribution in [1.82, 2.24) is 4.98 Å². The van der Waals surface area contributed by atoms with Gasteiger partial charge in [-0.15, -0.1) is 0 Å². The largest absolute Gasteiger partial charge is 0.253 e. The number of rotatable bonds is 2. The second-order valence-corrected chi connectivity index (χ2v) is 6.02. The smallest absolute Gasteiger partial charge is 0.0709 e. The summed E-state index contributed by atoms with van der Waals surface area (Å²) >= 11 is 3.54. The Balaban J connectivity index is 2.76. The van der Waals surface area contributed by atoms with Crippen molar-refractivity contribution in [3.8, 4) is 0 Å². The van der Waals surface area contributed by atoms with Crippen molar-refractivity contribution in [2.75, 3.05) is 0 Å². The van der Waals surface area contributed by atoms with E-state index < -0.39 is 0 Å². The van der Waals surface area contributed by atoms with E-state index in [0.717, 1.165) is 9.99 Å². The van der Waals surface area contributed by atoms with Crippen molar-refractivity contribution in [2.45, 2.75) is 39.5 Å². The van der Waals surface area contributed by atoms with Gasteiger partial charge in [-0.1, -0.05) is 43.6 Å². The SMILES string of the molecule is CC(C)c1cc(C(C)C)c2cc(Br)ccc2n1. The number of hydrogen-bond donors (Lipinski definition) is 0. The standard InChI is InChI=1S/C15H18BrN/c1-9(2)12-8-15(10(3)4)17-14-6-5-11(16)7-13(12)14/h5-10H,1-4H3. The van der Waals surface area contributed by atoms with Crippen molar-refractivity contribution in [3.63, 3.8) is 0 Å². The van der Waals surface area contributed by atoms with Crippen molar-refractivity contribution in [1.29, 1.82) is 0 Å². The van der Waals surface area contributed by atoms with Crippen LogP contribution in [0.3, 0.4) is 0 Å². The second kappa shape index (κ2) is 4.77. The summed E-state index contributed by atoms with van der Waals surface area (Å²) in [6.45, 7) is 8.85. The van der Waals surface area contributed by atoms with Gasteiger partial charge < -0.3 is 0 Å². The van der Waals surface area contributed by atoms with Crippen LogP contribution < -0.4 is 0 Å². The van der Waals surface area contributed by atoms with Crippen LogP contribution in [0, 0.1) is 0 Å². The first-order valence-electron chi connectivity index (χ1n) is 6.09. The molecular formula is C15H18BrN. The molecule has 0 N–H and O–H groups in total. The molecule has 0 atom stereocenters. The molecule has 0 unspecified atom stereocenters. The van der Waals surface area contributed by atoms with E-state index in [1.807, 2.05) is 0 Å². The normalized spacial score (nSPS) is 11.7. The number of halogens is 1. The van der Waals surface area contributed by atoms with E-state index in [4.69, 9.17) is 4.98 Å². The van der Waals surface area contributed by atoms with Crippen LogP contribution in [0.4, 0.5) is 0 Å². The van der Waals surface area contributed by atoms with Gasteiger partial charge in [-0.3, -0.25) is 4.98 Å². The number of aromatic nitrogens is 1. The molecule has 1 heterocycles. The van der Waals surface area contributed by atoms with E-state index in [9.17, 15) is 0 Å². The molecule has 0 aliphatic carbocycles. The molecule has 0 radical (unpaired) electrons. The van der Waals surface area contributed by atoms with E-state index in [2.05, 4.69) is 67.9 Å². The molecule has 0 bridgehead atoms. The van der Waals surface area contributed by atoms with E-state index >= 15 is 0 Å². The minimum Gasteiger partial charge on any atom is -0.253 e. The van der Waals surface area contributed by atoms with Gasteiger partial charge in [-0.2, -0.15) is 0 Å². The van der Waals surface area contributed by atoms with E-state index in [-0.39, 0.29) is 0 Å². The van der Waals surface area contributed by atoms with Crippen molar-refractivity contribution >= 4 is 26.8 Å². The zero-order chi connectivity index (χ0) is 12.6. The molecule has 2 heteroatoms. The summed E-state index contributed by atoms with van der Waals surface area (Å²) < 4.78 is 1.12. The third kappa shape index (κ3) is 2.52. The van der Waals surface area contributed by atoms with Gasteiger partial charge in [0.15, 0.2) is 0 Å². The van der Waals surface area contributed by atoms with Crippen molar-refractivity contribution < 1.29 is 0 Å². The first-order chi connectivity index (χ1) is 7.99. The average Bonchev–Trinajstić information content (AvgIpc) is 2.27.